The number of hydrogen-bond donors (Lipinski definition) is 1. The summed E-state index contributed by atoms with van der Waals surface area (Å²) in [4.78, 5) is 32.4. The summed E-state index contributed by atoms with van der Waals surface area (Å²) in [6.07, 6.45) is 5.26. The van der Waals surface area contributed by atoms with Crippen LogP contribution in [-0.4, -0.2) is 32.9 Å². The Morgan fingerprint density at radius 1 is 1.29 bits per heavy atom. The summed E-state index contributed by atoms with van der Waals surface area (Å²) in [5.74, 6) is 0.878. The van der Waals surface area contributed by atoms with E-state index in [1.165, 1.54) is 4.90 Å². The Morgan fingerprint density at radius 2 is 2.18 bits per heavy atom. The first-order valence-electron chi connectivity index (χ1n) is 5.15. The lowest BCUT2D eigenvalue weighted by Crippen LogP contribution is -2.50. The number of urea groups is 1. The molecule has 0 unspecified atom stereocenters. The van der Waals surface area contributed by atoms with Gasteiger partial charge in [-0.15, -0.1) is 0 Å². The molecule has 0 atom stereocenters. The van der Waals surface area contributed by atoms with E-state index in [9.17, 15) is 9.59 Å². The Kier molecular flexibility index (Phi) is 2.04. The Morgan fingerprint density at radius 3 is 3.00 bits per heavy atom. The van der Waals surface area contributed by atoms with Gasteiger partial charge in [0.05, 0.1) is 6.20 Å². The highest BCUT2D eigenvalue weighted by atomic mass is 16.2. The van der Waals surface area contributed by atoms with Crippen LogP contribution in [0.15, 0.2) is 24.7 Å². The number of aromatic nitrogens is 3. The molecule has 1 saturated heterocycles. The Hall–Kier alpha value is -2.44. The van der Waals surface area contributed by atoms with Crippen molar-refractivity contribution in [2.75, 3.05) is 11.4 Å². The number of fused-ring (bicyclic) bond motifs is 1. The largest absolute Gasteiger partial charge is 0.329 e. The molecule has 3 amide bonds. The Bertz CT molecular complexity index is 606. The molecule has 86 valence electrons. The second-order valence-corrected chi connectivity index (χ2v) is 3.66. The Labute approximate surface area is 96.1 Å². The minimum atomic E-state index is -0.424. The maximum absolute atomic E-state index is 11.7. The summed E-state index contributed by atoms with van der Waals surface area (Å²) >= 11 is 0. The van der Waals surface area contributed by atoms with Crippen LogP contribution in [0, 0.1) is 0 Å². The van der Waals surface area contributed by atoms with Crippen molar-refractivity contribution in [3.63, 3.8) is 0 Å². The minimum absolute atomic E-state index is 0.252. The third kappa shape index (κ3) is 1.52. The van der Waals surface area contributed by atoms with Gasteiger partial charge in [0.15, 0.2) is 0 Å². The molecule has 1 aliphatic rings. The van der Waals surface area contributed by atoms with Crippen molar-refractivity contribution in [3.8, 4) is 0 Å². The fourth-order valence-corrected chi connectivity index (χ4v) is 1.80. The molecule has 3 heterocycles. The lowest BCUT2D eigenvalue weighted by Gasteiger charge is -2.25. The maximum Gasteiger partial charge on any atom is 0.329 e. The maximum atomic E-state index is 11.7. The van der Waals surface area contributed by atoms with Crippen LogP contribution < -0.4 is 10.2 Å². The van der Waals surface area contributed by atoms with Crippen molar-refractivity contribution >= 4 is 23.5 Å². The average molecular weight is 231 g/mol. The number of imidazole rings is 1. The molecule has 3 rings (SSSR count). The van der Waals surface area contributed by atoms with Gasteiger partial charge in [-0.25, -0.2) is 14.8 Å². The third-order valence-corrected chi connectivity index (χ3v) is 2.60. The summed E-state index contributed by atoms with van der Waals surface area (Å²) < 4.78 is 1.70. The summed E-state index contributed by atoms with van der Waals surface area (Å²) in [6, 6.07) is 1.33. The first-order chi connectivity index (χ1) is 8.25. The zero-order chi connectivity index (χ0) is 11.8. The van der Waals surface area contributed by atoms with Crippen LogP contribution in [0.5, 0.6) is 0 Å². The smallest absolute Gasteiger partial charge is 0.278 e. The quantitative estimate of drug-likeness (QED) is 0.759. The molecule has 0 aromatic carbocycles. The number of nitrogens with zero attached hydrogens (tertiary/aromatic N) is 4. The van der Waals surface area contributed by atoms with Gasteiger partial charge in [-0.1, -0.05) is 0 Å². The average Bonchev–Trinajstić information content (AvgIpc) is 2.73. The van der Waals surface area contributed by atoms with E-state index in [4.69, 9.17) is 0 Å². The van der Waals surface area contributed by atoms with Gasteiger partial charge in [-0.05, 0) is 6.07 Å². The molecular weight excluding hydrogens is 222 g/mol. The molecule has 1 aliphatic heterocycles. The van der Waals surface area contributed by atoms with E-state index in [0.29, 0.717) is 24.6 Å². The highest BCUT2D eigenvalue weighted by Crippen LogP contribution is 2.17. The van der Waals surface area contributed by atoms with E-state index in [2.05, 4.69) is 15.3 Å². The van der Waals surface area contributed by atoms with Gasteiger partial charge in [-0.3, -0.25) is 19.4 Å². The van der Waals surface area contributed by atoms with E-state index in [1.807, 2.05) is 0 Å². The molecule has 0 saturated carbocycles. The Balaban J connectivity index is 2.04. The van der Waals surface area contributed by atoms with Gasteiger partial charge in [0.25, 0.3) is 0 Å². The second kappa shape index (κ2) is 3.55. The monoisotopic (exact) mass is 231 g/mol. The van der Waals surface area contributed by atoms with Gasteiger partial charge in [0.2, 0.25) is 11.7 Å². The number of hydrogen-bond acceptors (Lipinski definition) is 4. The number of rotatable bonds is 1. The third-order valence-electron chi connectivity index (χ3n) is 2.60. The molecule has 0 radical (unpaired) electrons. The van der Waals surface area contributed by atoms with E-state index in [0.717, 1.165) is 0 Å². The zero-order valence-electron chi connectivity index (χ0n) is 8.83. The number of nitrogens with one attached hydrogen (secondary N) is 1. The van der Waals surface area contributed by atoms with E-state index in [1.54, 1.807) is 29.1 Å². The van der Waals surface area contributed by atoms with Crippen molar-refractivity contribution in [3.05, 3.63) is 24.7 Å². The van der Waals surface area contributed by atoms with Crippen LogP contribution in [0.1, 0.15) is 6.42 Å². The van der Waals surface area contributed by atoms with Crippen molar-refractivity contribution in [1.82, 2.24) is 19.7 Å². The molecule has 0 bridgehead atoms. The fraction of sp³-hybridized carbons (Fsp3) is 0.200. The molecule has 1 N–H and O–H groups in total. The van der Waals surface area contributed by atoms with Crippen LogP contribution in [0.4, 0.5) is 10.6 Å². The first-order valence-corrected chi connectivity index (χ1v) is 5.15. The van der Waals surface area contributed by atoms with E-state index >= 15 is 0 Å². The summed E-state index contributed by atoms with van der Waals surface area (Å²) in [5.41, 5.74) is 0. The van der Waals surface area contributed by atoms with Gasteiger partial charge in [0.1, 0.15) is 5.82 Å². The molecular formula is C10H9N5O2. The van der Waals surface area contributed by atoms with Crippen LogP contribution in [0.25, 0.3) is 5.78 Å². The summed E-state index contributed by atoms with van der Waals surface area (Å²) in [6.45, 7) is 0.355. The predicted molar refractivity (Wildman–Crippen MR) is 58.5 cm³/mol. The van der Waals surface area contributed by atoms with Gasteiger partial charge in [0, 0.05) is 25.4 Å². The SMILES string of the molecule is O=C1CCN(c2cnc3ncccn23)C(=O)N1. The minimum Gasteiger partial charge on any atom is -0.278 e. The molecule has 0 spiro atoms. The van der Waals surface area contributed by atoms with Gasteiger partial charge in [-0.2, -0.15) is 0 Å². The fourth-order valence-electron chi connectivity index (χ4n) is 1.80. The van der Waals surface area contributed by atoms with Gasteiger partial charge >= 0.3 is 6.03 Å². The summed E-state index contributed by atoms with van der Waals surface area (Å²) in [5, 5.41) is 2.27. The zero-order valence-corrected chi connectivity index (χ0v) is 8.83. The lowest BCUT2D eigenvalue weighted by atomic mass is 10.3. The van der Waals surface area contributed by atoms with Gasteiger partial charge < -0.3 is 0 Å². The predicted octanol–water partition coefficient (Wildman–Crippen LogP) is 0.176. The molecule has 17 heavy (non-hydrogen) atoms. The van der Waals surface area contributed by atoms with Crippen molar-refractivity contribution < 1.29 is 9.59 Å². The number of carbonyl (C=O) groups is 2. The molecule has 2 aromatic rings. The van der Waals surface area contributed by atoms with Crippen molar-refractivity contribution in [1.29, 1.82) is 0 Å². The number of anilines is 1. The van der Waals surface area contributed by atoms with Crippen LogP contribution in [0.3, 0.4) is 0 Å². The molecule has 1 fully saturated rings. The highest BCUT2D eigenvalue weighted by Gasteiger charge is 2.26. The number of carbonyl (C=O) groups excluding carboxylic acids is 2. The molecule has 7 heteroatoms. The van der Waals surface area contributed by atoms with E-state index in [-0.39, 0.29) is 5.91 Å². The lowest BCUT2D eigenvalue weighted by molar-refractivity contribution is -0.120. The number of imide groups is 1. The standard InChI is InChI=1S/C10H9N5O2/c16-7-2-5-15(10(17)13-7)8-6-12-9-11-3-1-4-14(8)9/h1,3-4,6H,2,5H2,(H,13,16,17). The van der Waals surface area contributed by atoms with Crippen LogP contribution >= 0.6 is 0 Å². The highest BCUT2D eigenvalue weighted by molar-refractivity contribution is 6.05. The molecule has 0 aliphatic carbocycles. The first kappa shape index (κ1) is 9.76. The molecule has 7 nitrogen and oxygen atoms in total. The van der Waals surface area contributed by atoms with Crippen molar-refractivity contribution in [2.45, 2.75) is 6.42 Å². The number of amides is 3. The molecule has 2 aromatic heterocycles. The second-order valence-electron chi connectivity index (χ2n) is 3.66. The van der Waals surface area contributed by atoms with Crippen LogP contribution in [-0.2, 0) is 4.79 Å². The van der Waals surface area contributed by atoms with Crippen molar-refractivity contribution in [2.24, 2.45) is 0 Å². The van der Waals surface area contributed by atoms with Crippen LogP contribution in [0.2, 0.25) is 0 Å². The summed E-state index contributed by atoms with van der Waals surface area (Å²) in [7, 11) is 0. The normalized spacial score (nSPS) is 16.4. The van der Waals surface area contributed by atoms with E-state index < -0.39 is 6.03 Å². The topological polar surface area (TPSA) is 79.6 Å².